The van der Waals surface area contributed by atoms with Gasteiger partial charge in [-0.05, 0) is 37.5 Å². The summed E-state index contributed by atoms with van der Waals surface area (Å²) in [6, 6.07) is 15.4. The fourth-order valence-electron chi connectivity index (χ4n) is 3.48. The Morgan fingerprint density at radius 3 is 2.60 bits per heavy atom. The Morgan fingerprint density at radius 1 is 1.00 bits per heavy atom. The van der Waals surface area contributed by atoms with Gasteiger partial charge in [0.25, 0.3) is 0 Å². The summed E-state index contributed by atoms with van der Waals surface area (Å²) in [4.78, 5) is 4.94. The van der Waals surface area contributed by atoms with Crippen molar-refractivity contribution in [1.82, 2.24) is 24.7 Å². The van der Waals surface area contributed by atoms with Crippen molar-refractivity contribution in [3.63, 3.8) is 0 Å². The van der Waals surface area contributed by atoms with Crippen molar-refractivity contribution in [3.8, 4) is 0 Å². The highest BCUT2D eigenvalue weighted by molar-refractivity contribution is 5.45. The van der Waals surface area contributed by atoms with Gasteiger partial charge in [0.1, 0.15) is 12.1 Å². The molecule has 1 atom stereocenters. The minimum Gasteiger partial charge on any atom is -0.353 e. The quantitative estimate of drug-likeness (QED) is 0.715. The van der Waals surface area contributed by atoms with Crippen LogP contribution in [0.4, 0.5) is 5.82 Å². The van der Waals surface area contributed by atoms with Crippen molar-refractivity contribution >= 4 is 11.5 Å². The molecule has 2 aromatic heterocycles. The number of anilines is 1. The molecule has 1 aliphatic heterocycles. The van der Waals surface area contributed by atoms with E-state index in [9.17, 15) is 0 Å². The van der Waals surface area contributed by atoms with E-state index >= 15 is 0 Å². The number of hydrogen-bond donors (Lipinski definition) is 0. The van der Waals surface area contributed by atoms with E-state index < -0.39 is 0 Å². The fraction of sp³-hybridized carbons (Fsp3) is 0.421. The molecular formula is C19H24N6. The van der Waals surface area contributed by atoms with Crippen LogP contribution in [0.25, 0.3) is 5.65 Å². The average Bonchev–Trinajstić information content (AvgIpc) is 3.15. The van der Waals surface area contributed by atoms with Crippen molar-refractivity contribution in [3.05, 3.63) is 54.4 Å². The predicted molar refractivity (Wildman–Crippen MR) is 98.8 cm³/mol. The summed E-state index contributed by atoms with van der Waals surface area (Å²) in [5.41, 5.74) is 2.22. The standard InChI is InChI=1S/C19H24N6/c1-16(7-8-17-5-3-2-4-6-17)23-11-13-24(14-12-23)19-10-9-18-21-20-15-25(18)22-19/h2-6,9-10,15-16H,7-8,11-14H2,1H3/t16-/m1/s1. The average molecular weight is 336 g/mol. The van der Waals surface area contributed by atoms with Crippen LogP contribution in [0.15, 0.2) is 48.8 Å². The van der Waals surface area contributed by atoms with Crippen LogP contribution in [0, 0.1) is 0 Å². The van der Waals surface area contributed by atoms with E-state index in [1.807, 2.05) is 12.1 Å². The summed E-state index contributed by atoms with van der Waals surface area (Å²) in [5, 5.41) is 12.5. The van der Waals surface area contributed by atoms with Crippen molar-refractivity contribution in [2.24, 2.45) is 0 Å². The van der Waals surface area contributed by atoms with Crippen LogP contribution in [0.3, 0.4) is 0 Å². The lowest BCUT2D eigenvalue weighted by atomic mass is 10.0. The van der Waals surface area contributed by atoms with Gasteiger partial charge in [0.05, 0.1) is 0 Å². The van der Waals surface area contributed by atoms with E-state index in [-0.39, 0.29) is 0 Å². The first-order valence-corrected chi connectivity index (χ1v) is 8.99. The second kappa shape index (κ2) is 7.19. The Kier molecular flexibility index (Phi) is 4.61. The summed E-state index contributed by atoms with van der Waals surface area (Å²) in [6.45, 7) is 6.53. The van der Waals surface area contributed by atoms with Gasteiger partial charge in [-0.2, -0.15) is 4.52 Å². The number of fused-ring (bicyclic) bond motifs is 1. The van der Waals surface area contributed by atoms with E-state index in [1.54, 1.807) is 10.8 Å². The molecule has 25 heavy (non-hydrogen) atoms. The van der Waals surface area contributed by atoms with E-state index in [2.05, 4.69) is 62.4 Å². The van der Waals surface area contributed by atoms with Gasteiger partial charge in [-0.15, -0.1) is 15.3 Å². The topological polar surface area (TPSA) is 49.6 Å². The van der Waals surface area contributed by atoms with Crippen LogP contribution in [0.5, 0.6) is 0 Å². The molecule has 3 heterocycles. The molecule has 0 saturated carbocycles. The highest BCUT2D eigenvalue weighted by Gasteiger charge is 2.22. The van der Waals surface area contributed by atoms with Crippen LogP contribution in [0.2, 0.25) is 0 Å². The molecule has 1 aliphatic rings. The van der Waals surface area contributed by atoms with Gasteiger partial charge in [0, 0.05) is 32.2 Å². The molecule has 4 rings (SSSR count). The van der Waals surface area contributed by atoms with Crippen molar-refractivity contribution in [1.29, 1.82) is 0 Å². The third-order valence-corrected chi connectivity index (χ3v) is 5.10. The molecular weight excluding hydrogens is 312 g/mol. The second-order valence-corrected chi connectivity index (χ2v) is 6.72. The third kappa shape index (κ3) is 3.64. The van der Waals surface area contributed by atoms with E-state index in [1.165, 1.54) is 12.0 Å². The molecule has 0 unspecified atom stereocenters. The number of benzene rings is 1. The van der Waals surface area contributed by atoms with Gasteiger partial charge in [-0.1, -0.05) is 30.3 Å². The summed E-state index contributed by atoms with van der Waals surface area (Å²) in [6.07, 6.45) is 4.00. The normalized spacial score (nSPS) is 17.1. The summed E-state index contributed by atoms with van der Waals surface area (Å²) >= 11 is 0. The molecule has 0 bridgehead atoms. The first-order valence-electron chi connectivity index (χ1n) is 8.99. The van der Waals surface area contributed by atoms with Crippen molar-refractivity contribution in [2.45, 2.75) is 25.8 Å². The molecule has 6 heteroatoms. The Morgan fingerprint density at radius 2 is 1.80 bits per heavy atom. The lowest BCUT2D eigenvalue weighted by Crippen LogP contribution is -2.50. The minimum atomic E-state index is 0.607. The van der Waals surface area contributed by atoms with Gasteiger partial charge in [-0.25, -0.2) is 0 Å². The molecule has 0 amide bonds. The third-order valence-electron chi connectivity index (χ3n) is 5.10. The summed E-state index contributed by atoms with van der Waals surface area (Å²) < 4.78 is 1.74. The molecule has 6 nitrogen and oxygen atoms in total. The largest absolute Gasteiger partial charge is 0.353 e. The number of rotatable bonds is 5. The van der Waals surface area contributed by atoms with Gasteiger partial charge in [0.2, 0.25) is 0 Å². The second-order valence-electron chi connectivity index (χ2n) is 6.72. The Bertz CT molecular complexity index is 807. The molecule has 130 valence electrons. The van der Waals surface area contributed by atoms with Crippen molar-refractivity contribution in [2.75, 3.05) is 31.1 Å². The summed E-state index contributed by atoms with van der Waals surface area (Å²) in [5.74, 6) is 1.00. The molecule has 0 spiro atoms. The Balaban J connectivity index is 1.31. The van der Waals surface area contributed by atoms with Crippen LogP contribution in [0.1, 0.15) is 18.9 Å². The number of aryl methyl sites for hydroxylation is 1. The first kappa shape index (κ1) is 16.0. The maximum absolute atomic E-state index is 4.60. The molecule has 3 aromatic rings. The zero-order valence-electron chi connectivity index (χ0n) is 14.6. The number of hydrogen-bond acceptors (Lipinski definition) is 5. The molecule has 0 radical (unpaired) electrons. The van der Waals surface area contributed by atoms with Crippen molar-refractivity contribution < 1.29 is 0 Å². The Hall–Kier alpha value is -2.47. The lowest BCUT2D eigenvalue weighted by molar-refractivity contribution is 0.188. The van der Waals surface area contributed by atoms with E-state index in [4.69, 9.17) is 0 Å². The maximum atomic E-state index is 4.60. The SMILES string of the molecule is C[C@H](CCc1ccccc1)N1CCN(c2ccc3nncn3n2)CC1. The zero-order chi connectivity index (χ0) is 17.1. The van der Waals surface area contributed by atoms with E-state index in [0.717, 1.165) is 44.1 Å². The lowest BCUT2D eigenvalue weighted by Gasteiger charge is -2.38. The molecule has 1 aromatic carbocycles. The summed E-state index contributed by atoms with van der Waals surface area (Å²) in [7, 11) is 0. The van der Waals surface area contributed by atoms with Gasteiger partial charge < -0.3 is 4.90 Å². The number of nitrogens with zero attached hydrogens (tertiary/aromatic N) is 6. The first-order chi connectivity index (χ1) is 12.3. The highest BCUT2D eigenvalue weighted by atomic mass is 15.4. The van der Waals surface area contributed by atoms with Gasteiger partial charge in [0.15, 0.2) is 5.65 Å². The molecule has 0 aliphatic carbocycles. The van der Waals surface area contributed by atoms with Gasteiger partial charge >= 0.3 is 0 Å². The smallest absolute Gasteiger partial charge is 0.177 e. The molecule has 0 N–H and O–H groups in total. The Labute approximate surface area is 148 Å². The number of aromatic nitrogens is 4. The zero-order valence-corrected chi connectivity index (χ0v) is 14.6. The molecule has 1 saturated heterocycles. The number of piperazine rings is 1. The van der Waals surface area contributed by atoms with Crippen LogP contribution >= 0.6 is 0 Å². The minimum absolute atomic E-state index is 0.607. The monoisotopic (exact) mass is 336 g/mol. The van der Waals surface area contributed by atoms with Gasteiger partial charge in [-0.3, -0.25) is 4.90 Å². The molecule has 1 fully saturated rings. The van der Waals surface area contributed by atoms with Crippen LogP contribution in [-0.2, 0) is 6.42 Å². The fourth-order valence-corrected chi connectivity index (χ4v) is 3.48. The van der Waals surface area contributed by atoms with Crippen LogP contribution in [-0.4, -0.2) is 56.9 Å². The van der Waals surface area contributed by atoms with Crippen LogP contribution < -0.4 is 4.90 Å². The maximum Gasteiger partial charge on any atom is 0.177 e. The van der Waals surface area contributed by atoms with E-state index in [0.29, 0.717) is 6.04 Å². The predicted octanol–water partition coefficient (Wildman–Crippen LogP) is 2.27. The highest BCUT2D eigenvalue weighted by Crippen LogP contribution is 2.17.